The molecule has 1 N–H and O–H groups in total. The van der Waals surface area contributed by atoms with Crippen LogP contribution in [-0.4, -0.2) is 26.2 Å². The average molecular weight is 312 g/mol. The lowest BCUT2D eigenvalue weighted by Gasteiger charge is -2.07. The summed E-state index contributed by atoms with van der Waals surface area (Å²) in [6.45, 7) is 1.86. The molecule has 2 aromatic rings. The third kappa shape index (κ3) is 3.17. The summed E-state index contributed by atoms with van der Waals surface area (Å²) in [5, 5.41) is 6.93. The second kappa shape index (κ2) is 5.46. The molecule has 1 aromatic carbocycles. The largest absolute Gasteiger partial charge is 0.293 e. The number of aromatic nitrogens is 3. The Balaban J connectivity index is 2.07. The molecule has 0 bridgehead atoms. The second-order valence-electron chi connectivity index (χ2n) is 3.42. The number of nitrogens with one attached hydrogen (secondary N) is 1. The molecule has 6 heteroatoms. The van der Waals surface area contributed by atoms with Crippen molar-refractivity contribution in [1.29, 1.82) is 0 Å². The number of Topliss-reactive ketones (excluding diaryl/α,β-unsaturated/α-hetero) is 1. The number of aromatic amines is 1. The highest BCUT2D eigenvalue weighted by molar-refractivity contribution is 9.10. The van der Waals surface area contributed by atoms with Crippen molar-refractivity contribution in [2.75, 3.05) is 0 Å². The van der Waals surface area contributed by atoms with Crippen LogP contribution in [0.2, 0.25) is 0 Å². The summed E-state index contributed by atoms with van der Waals surface area (Å²) >= 11 is 4.71. The van der Waals surface area contributed by atoms with Gasteiger partial charge in [0.25, 0.3) is 0 Å². The molecule has 0 radical (unpaired) electrons. The van der Waals surface area contributed by atoms with E-state index < -0.39 is 0 Å². The number of halogens is 1. The summed E-state index contributed by atoms with van der Waals surface area (Å²) in [5.41, 5.74) is 0.702. The number of rotatable bonds is 4. The maximum Gasteiger partial charge on any atom is 0.184 e. The van der Waals surface area contributed by atoms with Gasteiger partial charge in [-0.2, -0.15) is 5.10 Å². The zero-order chi connectivity index (χ0) is 12.3. The first kappa shape index (κ1) is 12.3. The van der Waals surface area contributed by atoms with Gasteiger partial charge in [-0.15, -0.1) is 0 Å². The first-order valence-electron chi connectivity index (χ1n) is 4.98. The summed E-state index contributed by atoms with van der Waals surface area (Å²) in [7, 11) is 0. The molecule has 4 nitrogen and oxygen atoms in total. The Kier molecular flexibility index (Phi) is 3.96. The maximum atomic E-state index is 12.1. The molecule has 0 saturated heterocycles. The van der Waals surface area contributed by atoms with E-state index in [2.05, 4.69) is 31.1 Å². The van der Waals surface area contributed by atoms with E-state index in [0.717, 1.165) is 4.47 Å². The van der Waals surface area contributed by atoms with Crippen LogP contribution in [0.4, 0.5) is 0 Å². The molecule has 1 aromatic heterocycles. The van der Waals surface area contributed by atoms with Gasteiger partial charge in [0.05, 0.1) is 5.25 Å². The van der Waals surface area contributed by atoms with Gasteiger partial charge in [-0.05, 0) is 19.1 Å². The van der Waals surface area contributed by atoms with E-state index in [-0.39, 0.29) is 11.0 Å². The summed E-state index contributed by atoms with van der Waals surface area (Å²) in [6, 6.07) is 7.34. The lowest BCUT2D eigenvalue weighted by molar-refractivity contribution is 0.0994. The van der Waals surface area contributed by atoms with Crippen LogP contribution in [0.25, 0.3) is 0 Å². The number of benzene rings is 1. The van der Waals surface area contributed by atoms with Crippen molar-refractivity contribution in [2.45, 2.75) is 17.3 Å². The topological polar surface area (TPSA) is 58.6 Å². The number of hydrogen-bond donors (Lipinski definition) is 1. The Labute approximate surface area is 111 Å². The number of hydrogen-bond acceptors (Lipinski definition) is 4. The minimum atomic E-state index is -0.191. The van der Waals surface area contributed by atoms with Crippen LogP contribution < -0.4 is 0 Å². The molecule has 17 heavy (non-hydrogen) atoms. The van der Waals surface area contributed by atoms with Crippen LogP contribution >= 0.6 is 27.7 Å². The van der Waals surface area contributed by atoms with Crippen LogP contribution in [0.3, 0.4) is 0 Å². The second-order valence-corrected chi connectivity index (χ2v) is 5.67. The summed E-state index contributed by atoms with van der Waals surface area (Å²) < 4.78 is 0.963. The van der Waals surface area contributed by atoms with E-state index in [1.807, 2.05) is 31.2 Å². The van der Waals surface area contributed by atoms with Gasteiger partial charge in [0.1, 0.15) is 6.33 Å². The smallest absolute Gasteiger partial charge is 0.184 e. The lowest BCUT2D eigenvalue weighted by Crippen LogP contribution is -2.13. The molecule has 0 fully saturated rings. The molecule has 0 amide bonds. The number of thioether (sulfide) groups is 1. The van der Waals surface area contributed by atoms with Gasteiger partial charge in [0.2, 0.25) is 0 Å². The van der Waals surface area contributed by atoms with Gasteiger partial charge in [0, 0.05) is 10.0 Å². The van der Waals surface area contributed by atoms with Crippen LogP contribution in [0.1, 0.15) is 17.3 Å². The van der Waals surface area contributed by atoms with Crippen LogP contribution in [0.15, 0.2) is 40.2 Å². The van der Waals surface area contributed by atoms with Gasteiger partial charge in [-0.25, -0.2) is 4.98 Å². The molecule has 0 saturated carbocycles. The average Bonchev–Trinajstić information content (AvgIpc) is 2.82. The van der Waals surface area contributed by atoms with Crippen molar-refractivity contribution in [3.8, 4) is 0 Å². The van der Waals surface area contributed by atoms with E-state index in [9.17, 15) is 4.79 Å². The maximum absolute atomic E-state index is 12.1. The number of carbonyl (C=O) groups is 1. The fourth-order valence-electron chi connectivity index (χ4n) is 1.32. The molecule has 0 aliphatic heterocycles. The highest BCUT2D eigenvalue weighted by atomic mass is 79.9. The van der Waals surface area contributed by atoms with Crippen LogP contribution in [0.5, 0.6) is 0 Å². The molecular formula is C11H10BrN3OS. The quantitative estimate of drug-likeness (QED) is 0.696. The first-order valence-corrected chi connectivity index (χ1v) is 6.66. The van der Waals surface area contributed by atoms with Gasteiger partial charge >= 0.3 is 0 Å². The lowest BCUT2D eigenvalue weighted by atomic mass is 10.1. The minimum Gasteiger partial charge on any atom is -0.293 e. The molecule has 88 valence electrons. The Morgan fingerprint density at radius 3 is 2.71 bits per heavy atom. The van der Waals surface area contributed by atoms with Gasteiger partial charge in [-0.3, -0.25) is 9.89 Å². The SMILES string of the molecule is C[C@H](Sc1ncn[nH]1)C(=O)c1ccc(Br)cc1. The first-order chi connectivity index (χ1) is 8.16. The van der Waals surface area contributed by atoms with E-state index in [1.54, 1.807) is 0 Å². The van der Waals surface area contributed by atoms with Crippen LogP contribution in [-0.2, 0) is 0 Å². The van der Waals surface area contributed by atoms with Crippen molar-refractivity contribution >= 4 is 33.5 Å². The number of nitrogens with zero attached hydrogens (tertiary/aromatic N) is 2. The Bertz CT molecular complexity index is 498. The highest BCUT2D eigenvalue weighted by Crippen LogP contribution is 2.22. The van der Waals surface area contributed by atoms with Gasteiger partial charge < -0.3 is 0 Å². The normalized spacial score (nSPS) is 12.4. The van der Waals surface area contributed by atoms with Crippen molar-refractivity contribution in [1.82, 2.24) is 15.2 Å². The Hall–Kier alpha value is -1.14. The third-order valence-corrected chi connectivity index (χ3v) is 3.70. The Morgan fingerprint density at radius 2 is 2.12 bits per heavy atom. The van der Waals surface area contributed by atoms with E-state index in [1.165, 1.54) is 18.1 Å². The molecule has 1 atom stereocenters. The molecule has 2 rings (SSSR count). The summed E-state index contributed by atoms with van der Waals surface area (Å²) in [5.74, 6) is 0.0823. The zero-order valence-corrected chi connectivity index (χ0v) is 11.5. The number of carbonyl (C=O) groups excluding carboxylic acids is 1. The van der Waals surface area contributed by atoms with Crippen molar-refractivity contribution < 1.29 is 4.79 Å². The van der Waals surface area contributed by atoms with E-state index in [4.69, 9.17) is 0 Å². The summed E-state index contributed by atoms with van der Waals surface area (Å²) in [4.78, 5) is 16.1. The van der Waals surface area contributed by atoms with Crippen molar-refractivity contribution in [3.05, 3.63) is 40.6 Å². The Morgan fingerprint density at radius 1 is 1.41 bits per heavy atom. The monoisotopic (exact) mass is 311 g/mol. The predicted molar refractivity (Wildman–Crippen MR) is 70.2 cm³/mol. The molecule has 0 aliphatic rings. The van der Waals surface area contributed by atoms with Crippen molar-refractivity contribution in [2.24, 2.45) is 0 Å². The minimum absolute atomic E-state index is 0.0823. The number of H-pyrrole nitrogens is 1. The highest BCUT2D eigenvalue weighted by Gasteiger charge is 2.17. The van der Waals surface area contributed by atoms with Crippen LogP contribution in [0, 0.1) is 0 Å². The predicted octanol–water partition coefficient (Wildman–Crippen LogP) is 2.93. The standard InChI is InChI=1S/C11H10BrN3OS/c1-7(17-11-13-6-14-15-11)10(16)8-2-4-9(12)5-3-8/h2-7H,1H3,(H,13,14,15)/t7-/m0/s1. The number of ketones is 1. The molecular weight excluding hydrogens is 302 g/mol. The summed E-state index contributed by atoms with van der Waals surface area (Å²) in [6.07, 6.45) is 1.43. The van der Waals surface area contributed by atoms with Gasteiger partial charge in [0.15, 0.2) is 10.9 Å². The fourth-order valence-corrected chi connectivity index (χ4v) is 2.38. The molecule has 0 unspecified atom stereocenters. The third-order valence-electron chi connectivity index (χ3n) is 2.18. The molecule has 1 heterocycles. The fraction of sp³-hybridized carbons (Fsp3) is 0.182. The zero-order valence-electron chi connectivity index (χ0n) is 9.05. The van der Waals surface area contributed by atoms with E-state index in [0.29, 0.717) is 10.7 Å². The van der Waals surface area contributed by atoms with Crippen molar-refractivity contribution in [3.63, 3.8) is 0 Å². The molecule has 0 spiro atoms. The van der Waals surface area contributed by atoms with E-state index >= 15 is 0 Å². The molecule has 0 aliphatic carbocycles. The van der Waals surface area contributed by atoms with Gasteiger partial charge in [-0.1, -0.05) is 39.8 Å².